The maximum atomic E-state index is 9.63. The largest absolute Gasteiger partial charge is 0.368 e. The van der Waals surface area contributed by atoms with Crippen LogP contribution < -0.4 is 0 Å². The van der Waals surface area contributed by atoms with Gasteiger partial charge in [0.2, 0.25) is 0 Å². The molecule has 0 aromatic carbocycles. The summed E-state index contributed by atoms with van der Waals surface area (Å²) in [5.41, 5.74) is 0. The number of aliphatic hydroxyl groups is 1. The summed E-state index contributed by atoms with van der Waals surface area (Å²) < 4.78 is 5.29. The second kappa shape index (κ2) is 4.83. The molecule has 12 heavy (non-hydrogen) atoms. The monoisotopic (exact) mass is 172 g/mol. The minimum absolute atomic E-state index is 0.359. The van der Waals surface area contributed by atoms with Gasteiger partial charge in [0.05, 0.1) is 0 Å². The molecule has 0 amide bonds. The molecule has 2 nitrogen and oxygen atoms in total. The van der Waals surface area contributed by atoms with Crippen LogP contribution in [0.4, 0.5) is 0 Å². The molecular formula is C10H20O2. The Labute approximate surface area is 74.9 Å². The smallest absolute Gasteiger partial charge is 0.157 e. The van der Waals surface area contributed by atoms with Gasteiger partial charge in [-0.1, -0.05) is 20.3 Å². The minimum atomic E-state index is -0.512. The van der Waals surface area contributed by atoms with Crippen molar-refractivity contribution in [2.45, 2.75) is 45.8 Å². The molecule has 0 radical (unpaired) electrons. The Hall–Kier alpha value is -0.0800. The van der Waals surface area contributed by atoms with E-state index in [2.05, 4.69) is 13.8 Å². The zero-order valence-electron chi connectivity index (χ0n) is 8.12. The first-order valence-electron chi connectivity index (χ1n) is 5.05. The second-order valence-electron chi connectivity index (χ2n) is 3.83. The molecule has 1 fully saturated rings. The summed E-state index contributed by atoms with van der Waals surface area (Å²) in [4.78, 5) is 0. The van der Waals surface area contributed by atoms with Gasteiger partial charge in [-0.15, -0.1) is 0 Å². The molecule has 2 heteroatoms. The van der Waals surface area contributed by atoms with Crippen LogP contribution in [0.15, 0.2) is 0 Å². The number of hydrogen-bond donors (Lipinski definition) is 1. The van der Waals surface area contributed by atoms with Crippen LogP contribution in [0, 0.1) is 11.8 Å². The van der Waals surface area contributed by atoms with Crippen LogP contribution in [-0.2, 0) is 4.74 Å². The molecule has 3 atom stereocenters. The standard InChI is InChI=1S/C10H20O2/c1-3-5-9-8(2)6-4-7-12-10(9)11/h8-11H,3-7H2,1-2H3. The first kappa shape index (κ1) is 10.0. The van der Waals surface area contributed by atoms with E-state index in [-0.39, 0.29) is 0 Å². The highest BCUT2D eigenvalue weighted by Gasteiger charge is 2.27. The summed E-state index contributed by atoms with van der Waals surface area (Å²) in [6.45, 7) is 5.11. The van der Waals surface area contributed by atoms with E-state index in [0.717, 1.165) is 25.9 Å². The van der Waals surface area contributed by atoms with Gasteiger partial charge in [0, 0.05) is 12.5 Å². The lowest BCUT2D eigenvalue weighted by atomic mass is 9.87. The summed E-state index contributed by atoms with van der Waals surface area (Å²) in [6, 6.07) is 0. The van der Waals surface area contributed by atoms with Crippen LogP contribution >= 0.6 is 0 Å². The predicted octanol–water partition coefficient (Wildman–Crippen LogP) is 2.17. The molecular weight excluding hydrogens is 152 g/mol. The zero-order chi connectivity index (χ0) is 8.97. The van der Waals surface area contributed by atoms with Crippen molar-refractivity contribution in [2.75, 3.05) is 6.61 Å². The fourth-order valence-corrected chi connectivity index (χ4v) is 1.99. The van der Waals surface area contributed by atoms with Gasteiger partial charge in [-0.25, -0.2) is 0 Å². The Morgan fingerprint density at radius 3 is 2.92 bits per heavy atom. The number of hydrogen-bond acceptors (Lipinski definition) is 2. The van der Waals surface area contributed by atoms with E-state index in [1.165, 1.54) is 6.42 Å². The fraction of sp³-hybridized carbons (Fsp3) is 1.00. The van der Waals surface area contributed by atoms with Crippen molar-refractivity contribution >= 4 is 0 Å². The van der Waals surface area contributed by atoms with Crippen LogP contribution in [-0.4, -0.2) is 18.0 Å². The van der Waals surface area contributed by atoms with E-state index in [9.17, 15) is 5.11 Å². The third kappa shape index (κ3) is 2.46. The van der Waals surface area contributed by atoms with Crippen LogP contribution in [0.3, 0.4) is 0 Å². The lowest BCUT2D eigenvalue weighted by Crippen LogP contribution is -2.26. The van der Waals surface area contributed by atoms with Crippen molar-refractivity contribution in [1.82, 2.24) is 0 Å². The normalized spacial score (nSPS) is 37.8. The minimum Gasteiger partial charge on any atom is -0.368 e. The van der Waals surface area contributed by atoms with Crippen molar-refractivity contribution in [3.8, 4) is 0 Å². The van der Waals surface area contributed by atoms with E-state index in [0.29, 0.717) is 11.8 Å². The highest BCUT2D eigenvalue weighted by atomic mass is 16.6. The topological polar surface area (TPSA) is 29.5 Å². The quantitative estimate of drug-likeness (QED) is 0.691. The van der Waals surface area contributed by atoms with Gasteiger partial charge < -0.3 is 9.84 Å². The van der Waals surface area contributed by atoms with Gasteiger partial charge in [-0.2, -0.15) is 0 Å². The highest BCUT2D eigenvalue weighted by Crippen LogP contribution is 2.28. The Bertz CT molecular complexity index is 113. The van der Waals surface area contributed by atoms with E-state index >= 15 is 0 Å². The summed E-state index contributed by atoms with van der Waals surface area (Å²) >= 11 is 0. The van der Waals surface area contributed by atoms with Crippen LogP contribution in [0.1, 0.15) is 39.5 Å². The van der Waals surface area contributed by atoms with Crippen molar-refractivity contribution in [2.24, 2.45) is 11.8 Å². The van der Waals surface area contributed by atoms with E-state index in [1.54, 1.807) is 0 Å². The third-order valence-electron chi connectivity index (χ3n) is 2.81. The van der Waals surface area contributed by atoms with E-state index < -0.39 is 6.29 Å². The molecule has 0 aliphatic carbocycles. The summed E-state index contributed by atoms with van der Waals surface area (Å²) in [7, 11) is 0. The van der Waals surface area contributed by atoms with Gasteiger partial charge in [-0.3, -0.25) is 0 Å². The summed E-state index contributed by atoms with van der Waals surface area (Å²) in [6.07, 6.45) is 4.00. The molecule has 1 rings (SSSR count). The number of ether oxygens (including phenoxy) is 1. The van der Waals surface area contributed by atoms with E-state index in [1.807, 2.05) is 0 Å². The van der Waals surface area contributed by atoms with Gasteiger partial charge in [0.15, 0.2) is 6.29 Å². The molecule has 1 aliphatic rings. The molecule has 0 aromatic rings. The maximum Gasteiger partial charge on any atom is 0.157 e. The Morgan fingerprint density at radius 1 is 1.50 bits per heavy atom. The highest BCUT2D eigenvalue weighted by molar-refractivity contribution is 4.71. The zero-order valence-corrected chi connectivity index (χ0v) is 8.12. The molecule has 0 bridgehead atoms. The van der Waals surface area contributed by atoms with Crippen molar-refractivity contribution in [3.63, 3.8) is 0 Å². The van der Waals surface area contributed by atoms with Gasteiger partial charge in [0.1, 0.15) is 0 Å². The van der Waals surface area contributed by atoms with Crippen LogP contribution in [0.5, 0.6) is 0 Å². The Balaban J connectivity index is 2.49. The molecule has 1 heterocycles. The molecule has 0 saturated carbocycles. The average molecular weight is 172 g/mol. The van der Waals surface area contributed by atoms with Gasteiger partial charge in [0.25, 0.3) is 0 Å². The summed E-state index contributed by atoms with van der Waals surface area (Å²) in [5, 5.41) is 9.63. The molecule has 1 aliphatic heterocycles. The lowest BCUT2D eigenvalue weighted by Gasteiger charge is -2.24. The van der Waals surface area contributed by atoms with Crippen LogP contribution in [0.2, 0.25) is 0 Å². The second-order valence-corrected chi connectivity index (χ2v) is 3.83. The molecule has 0 spiro atoms. The number of rotatable bonds is 2. The molecule has 3 unspecified atom stereocenters. The predicted molar refractivity (Wildman–Crippen MR) is 48.8 cm³/mol. The summed E-state index contributed by atoms with van der Waals surface area (Å²) in [5.74, 6) is 0.972. The molecule has 1 N–H and O–H groups in total. The SMILES string of the molecule is CCCC1C(C)CCCOC1O. The van der Waals surface area contributed by atoms with E-state index in [4.69, 9.17) is 4.74 Å². The van der Waals surface area contributed by atoms with Gasteiger partial charge >= 0.3 is 0 Å². The maximum absolute atomic E-state index is 9.63. The van der Waals surface area contributed by atoms with Gasteiger partial charge in [-0.05, 0) is 25.2 Å². The molecule has 72 valence electrons. The third-order valence-corrected chi connectivity index (χ3v) is 2.81. The van der Waals surface area contributed by atoms with Crippen molar-refractivity contribution in [3.05, 3.63) is 0 Å². The first-order chi connectivity index (χ1) is 5.75. The lowest BCUT2D eigenvalue weighted by molar-refractivity contribution is -0.135. The average Bonchev–Trinajstić information content (AvgIpc) is 2.19. The van der Waals surface area contributed by atoms with Crippen LogP contribution in [0.25, 0.3) is 0 Å². The molecule has 1 saturated heterocycles. The van der Waals surface area contributed by atoms with Crippen molar-refractivity contribution < 1.29 is 9.84 Å². The fourth-order valence-electron chi connectivity index (χ4n) is 1.99. The molecule has 0 aromatic heterocycles. The first-order valence-corrected chi connectivity index (χ1v) is 5.05. The van der Waals surface area contributed by atoms with Crippen molar-refractivity contribution in [1.29, 1.82) is 0 Å². The Morgan fingerprint density at radius 2 is 2.25 bits per heavy atom. The Kier molecular flexibility index (Phi) is 4.02. The number of aliphatic hydroxyl groups excluding tert-OH is 1.